The quantitative estimate of drug-likeness (QED) is 0.467. The summed E-state index contributed by atoms with van der Waals surface area (Å²) in [7, 11) is 0. The van der Waals surface area contributed by atoms with E-state index in [-0.39, 0.29) is 6.54 Å². The standard InChI is InChI=1S/C13H10N2O2/c1-2-7-14-13(17)12(16)10-8-15-11-6-4-3-5-9(10)11/h1,3-6,8,15H,7H2,(H,14,17). The van der Waals surface area contributed by atoms with Gasteiger partial charge in [-0.25, -0.2) is 0 Å². The van der Waals surface area contributed by atoms with E-state index in [9.17, 15) is 9.59 Å². The van der Waals surface area contributed by atoms with Crippen LogP contribution in [0.1, 0.15) is 10.4 Å². The highest BCUT2D eigenvalue weighted by Gasteiger charge is 2.18. The second kappa shape index (κ2) is 4.54. The molecule has 2 aromatic rings. The van der Waals surface area contributed by atoms with E-state index in [1.165, 1.54) is 6.20 Å². The maximum atomic E-state index is 11.8. The van der Waals surface area contributed by atoms with Gasteiger partial charge in [-0.3, -0.25) is 9.59 Å². The number of carbonyl (C=O) groups excluding carboxylic acids is 2. The first-order valence-corrected chi connectivity index (χ1v) is 5.06. The number of carbonyl (C=O) groups is 2. The molecule has 0 fully saturated rings. The number of terminal acetylenes is 1. The van der Waals surface area contributed by atoms with Crippen molar-refractivity contribution in [3.63, 3.8) is 0 Å². The van der Waals surface area contributed by atoms with E-state index in [0.29, 0.717) is 5.56 Å². The first-order chi connectivity index (χ1) is 8.24. The molecular formula is C13H10N2O2. The minimum atomic E-state index is -0.687. The van der Waals surface area contributed by atoms with Crippen molar-refractivity contribution in [1.82, 2.24) is 10.3 Å². The number of aromatic nitrogens is 1. The van der Waals surface area contributed by atoms with Crippen molar-refractivity contribution < 1.29 is 9.59 Å². The zero-order chi connectivity index (χ0) is 12.3. The number of hydrogen-bond donors (Lipinski definition) is 2. The summed E-state index contributed by atoms with van der Waals surface area (Å²) >= 11 is 0. The van der Waals surface area contributed by atoms with Crippen LogP contribution in [0.25, 0.3) is 10.9 Å². The molecule has 0 saturated carbocycles. The highest BCUT2D eigenvalue weighted by molar-refractivity contribution is 6.44. The van der Waals surface area contributed by atoms with Crippen LogP contribution >= 0.6 is 0 Å². The molecule has 0 spiro atoms. The van der Waals surface area contributed by atoms with E-state index in [2.05, 4.69) is 16.2 Å². The fourth-order valence-corrected chi connectivity index (χ4v) is 1.59. The number of benzene rings is 1. The van der Waals surface area contributed by atoms with Gasteiger partial charge in [0.25, 0.3) is 11.7 Å². The molecule has 0 radical (unpaired) electrons. The van der Waals surface area contributed by atoms with Crippen LogP contribution in [0, 0.1) is 12.3 Å². The van der Waals surface area contributed by atoms with Crippen molar-refractivity contribution in [2.24, 2.45) is 0 Å². The van der Waals surface area contributed by atoms with Gasteiger partial charge in [0.05, 0.1) is 12.1 Å². The Morgan fingerprint density at radius 1 is 1.35 bits per heavy atom. The number of aromatic amines is 1. The second-order valence-corrected chi connectivity index (χ2v) is 3.46. The van der Waals surface area contributed by atoms with E-state index in [1.54, 1.807) is 6.07 Å². The average Bonchev–Trinajstić information content (AvgIpc) is 2.78. The Hall–Kier alpha value is -2.54. The Labute approximate surface area is 98.0 Å². The van der Waals surface area contributed by atoms with Gasteiger partial charge in [0.2, 0.25) is 0 Å². The lowest BCUT2D eigenvalue weighted by Gasteiger charge is -1.99. The maximum Gasteiger partial charge on any atom is 0.293 e. The molecule has 2 N–H and O–H groups in total. The number of ketones is 1. The fraction of sp³-hybridized carbons (Fsp3) is 0.0769. The monoisotopic (exact) mass is 226 g/mol. The summed E-state index contributed by atoms with van der Waals surface area (Å²) in [5, 5.41) is 3.08. The molecule has 84 valence electrons. The second-order valence-electron chi connectivity index (χ2n) is 3.46. The molecule has 0 saturated heterocycles. The number of hydrogen-bond acceptors (Lipinski definition) is 2. The summed E-state index contributed by atoms with van der Waals surface area (Å²) in [6.07, 6.45) is 6.53. The third kappa shape index (κ3) is 2.04. The van der Waals surface area contributed by atoms with Crippen molar-refractivity contribution >= 4 is 22.6 Å². The van der Waals surface area contributed by atoms with Gasteiger partial charge in [0, 0.05) is 17.1 Å². The highest BCUT2D eigenvalue weighted by atomic mass is 16.2. The molecule has 1 aromatic carbocycles. The summed E-state index contributed by atoms with van der Waals surface area (Å²) in [6, 6.07) is 7.29. The van der Waals surface area contributed by atoms with Gasteiger partial charge in [0.15, 0.2) is 0 Å². The number of H-pyrrole nitrogens is 1. The molecule has 4 nitrogen and oxygen atoms in total. The number of Topliss-reactive ketones (excluding diaryl/α,β-unsaturated/α-hetero) is 1. The maximum absolute atomic E-state index is 11.8. The predicted octanol–water partition coefficient (Wildman–Crippen LogP) is 1.10. The van der Waals surface area contributed by atoms with E-state index < -0.39 is 11.7 Å². The topological polar surface area (TPSA) is 62.0 Å². The molecule has 0 aliphatic carbocycles. The van der Waals surface area contributed by atoms with Crippen LogP contribution in [0.15, 0.2) is 30.5 Å². The van der Waals surface area contributed by atoms with Crippen LogP contribution in [0.5, 0.6) is 0 Å². The Morgan fingerprint density at radius 3 is 2.88 bits per heavy atom. The SMILES string of the molecule is C#CCNC(=O)C(=O)c1c[nH]c2ccccc12. The Morgan fingerprint density at radius 2 is 2.12 bits per heavy atom. The number of nitrogens with one attached hydrogen (secondary N) is 2. The summed E-state index contributed by atoms with van der Waals surface area (Å²) in [4.78, 5) is 26.2. The van der Waals surface area contributed by atoms with Gasteiger partial charge in [-0.15, -0.1) is 6.42 Å². The molecule has 0 aliphatic heterocycles. The molecule has 0 unspecified atom stereocenters. The zero-order valence-corrected chi connectivity index (χ0v) is 8.99. The Bertz CT molecular complexity index is 620. The first kappa shape index (κ1) is 11.0. The van der Waals surface area contributed by atoms with E-state index in [4.69, 9.17) is 6.42 Å². The number of rotatable bonds is 3. The van der Waals surface area contributed by atoms with Gasteiger partial charge in [-0.05, 0) is 6.07 Å². The van der Waals surface area contributed by atoms with Crippen molar-refractivity contribution in [2.45, 2.75) is 0 Å². The Balaban J connectivity index is 2.31. The fourth-order valence-electron chi connectivity index (χ4n) is 1.59. The van der Waals surface area contributed by atoms with Crippen molar-refractivity contribution in [2.75, 3.05) is 6.54 Å². The minimum absolute atomic E-state index is 0.0485. The summed E-state index contributed by atoms with van der Waals surface area (Å²) in [6.45, 7) is 0.0485. The van der Waals surface area contributed by atoms with Gasteiger partial charge < -0.3 is 10.3 Å². The van der Waals surface area contributed by atoms with Crippen LogP contribution in [0.3, 0.4) is 0 Å². The number of para-hydroxylation sites is 1. The normalized spacial score (nSPS) is 9.82. The molecule has 1 amide bonds. The number of fused-ring (bicyclic) bond motifs is 1. The van der Waals surface area contributed by atoms with Gasteiger partial charge in [-0.2, -0.15) is 0 Å². The van der Waals surface area contributed by atoms with Gasteiger partial charge in [-0.1, -0.05) is 24.1 Å². The molecular weight excluding hydrogens is 216 g/mol. The van der Waals surface area contributed by atoms with Crippen molar-refractivity contribution in [3.8, 4) is 12.3 Å². The van der Waals surface area contributed by atoms with Crippen LogP contribution < -0.4 is 5.32 Å². The van der Waals surface area contributed by atoms with Crippen LogP contribution in [-0.4, -0.2) is 23.2 Å². The number of amides is 1. The Kier molecular flexibility index (Phi) is 2.93. The van der Waals surface area contributed by atoms with Gasteiger partial charge in [0.1, 0.15) is 0 Å². The smallest absolute Gasteiger partial charge is 0.293 e. The average molecular weight is 226 g/mol. The van der Waals surface area contributed by atoms with E-state index in [1.807, 2.05) is 18.2 Å². The lowest BCUT2D eigenvalue weighted by Crippen LogP contribution is -2.31. The summed E-state index contributed by atoms with van der Waals surface area (Å²) in [5.74, 6) is 0.971. The molecule has 4 heteroatoms. The van der Waals surface area contributed by atoms with Crippen molar-refractivity contribution in [3.05, 3.63) is 36.0 Å². The largest absolute Gasteiger partial charge is 0.360 e. The lowest BCUT2D eigenvalue weighted by molar-refractivity contribution is -0.116. The third-order valence-electron chi connectivity index (χ3n) is 2.39. The van der Waals surface area contributed by atoms with Crippen LogP contribution in [-0.2, 0) is 4.79 Å². The molecule has 17 heavy (non-hydrogen) atoms. The van der Waals surface area contributed by atoms with E-state index >= 15 is 0 Å². The van der Waals surface area contributed by atoms with Crippen LogP contribution in [0.2, 0.25) is 0 Å². The summed E-state index contributed by atoms with van der Waals surface area (Å²) in [5.41, 5.74) is 1.18. The van der Waals surface area contributed by atoms with E-state index in [0.717, 1.165) is 10.9 Å². The molecule has 1 aromatic heterocycles. The zero-order valence-electron chi connectivity index (χ0n) is 8.99. The minimum Gasteiger partial charge on any atom is -0.360 e. The van der Waals surface area contributed by atoms with Gasteiger partial charge >= 0.3 is 0 Å². The molecule has 0 bridgehead atoms. The summed E-state index contributed by atoms with van der Waals surface area (Å²) < 4.78 is 0. The van der Waals surface area contributed by atoms with Crippen molar-refractivity contribution in [1.29, 1.82) is 0 Å². The third-order valence-corrected chi connectivity index (χ3v) is 2.39. The molecule has 0 atom stereocenters. The lowest BCUT2D eigenvalue weighted by atomic mass is 10.1. The predicted molar refractivity (Wildman–Crippen MR) is 64.5 cm³/mol. The first-order valence-electron chi connectivity index (χ1n) is 5.06. The molecule has 2 rings (SSSR count). The van der Waals surface area contributed by atoms with Crippen LogP contribution in [0.4, 0.5) is 0 Å². The highest BCUT2D eigenvalue weighted by Crippen LogP contribution is 2.17. The molecule has 0 aliphatic rings. The molecule has 1 heterocycles.